The molecule has 4 aromatic heterocycles. The highest BCUT2D eigenvalue weighted by Gasteiger charge is 2.19. The largest absolute Gasteiger partial charge is 0.492 e. The van der Waals surface area contributed by atoms with E-state index >= 15 is 0 Å². The van der Waals surface area contributed by atoms with Crippen molar-refractivity contribution in [1.82, 2.24) is 49.7 Å². The Morgan fingerprint density at radius 3 is 1.05 bits per heavy atom. The van der Waals surface area contributed by atoms with E-state index in [2.05, 4.69) is 45.1 Å². The number of unbranched alkanes of at least 4 members (excludes halogenated alkanes) is 30. The van der Waals surface area contributed by atoms with Crippen molar-refractivity contribution < 1.29 is 28.5 Å². The normalized spacial score (nSPS) is 11.3. The smallest absolute Gasteiger partial charge is 0.247 e. The number of carbonyl (C=O) groups is 2. The zero-order chi connectivity index (χ0) is 68.1. The Bertz CT molecular complexity index is 3240. The molecule has 0 aliphatic heterocycles. The number of hydrogen-bond donors (Lipinski definition) is 4. The Kier molecular flexibility index (Phi) is 35.5. The quantitative estimate of drug-likeness (QED) is 0.0262. The van der Waals surface area contributed by atoms with Crippen LogP contribution in [-0.4, -0.2) is 90.2 Å². The van der Waals surface area contributed by atoms with Crippen LogP contribution in [0.1, 0.15) is 230 Å². The maximum absolute atomic E-state index is 13.4. The van der Waals surface area contributed by atoms with E-state index < -0.39 is 0 Å². The predicted molar refractivity (Wildman–Crippen MR) is 397 cm³/mol. The van der Waals surface area contributed by atoms with Crippen LogP contribution >= 0.6 is 0 Å². The van der Waals surface area contributed by atoms with Crippen molar-refractivity contribution in [3.05, 3.63) is 133 Å². The number of nitrogens with zero attached hydrogens (tertiary/aromatic N) is 8. The van der Waals surface area contributed by atoms with Crippen molar-refractivity contribution in [3.8, 4) is 34.4 Å². The minimum absolute atomic E-state index is 0.00873. The van der Waals surface area contributed by atoms with Crippen molar-refractivity contribution >= 4 is 46.0 Å². The van der Waals surface area contributed by atoms with Crippen LogP contribution < -0.4 is 40.2 Å². The van der Waals surface area contributed by atoms with E-state index in [1.54, 1.807) is 21.8 Å². The van der Waals surface area contributed by atoms with E-state index in [0.29, 0.717) is 83.8 Å². The number of carbonyl (C=O) groups excluding carboxylic acids is 2. The molecule has 530 valence electrons. The van der Waals surface area contributed by atoms with Crippen LogP contribution in [0.25, 0.3) is 33.5 Å². The fraction of sp³-hybridized carbons (Fsp3) is 0.550. The molecule has 0 aliphatic carbocycles. The van der Waals surface area contributed by atoms with E-state index in [1.165, 1.54) is 180 Å². The maximum Gasteiger partial charge on any atom is 0.247 e. The highest BCUT2D eigenvalue weighted by Crippen LogP contribution is 2.29. The first-order valence-corrected chi connectivity index (χ1v) is 37.7. The van der Waals surface area contributed by atoms with Gasteiger partial charge in [-0.15, -0.1) is 0 Å². The number of hydrogen-bond acceptors (Lipinski definition) is 14. The van der Waals surface area contributed by atoms with Crippen molar-refractivity contribution in [2.75, 3.05) is 50.0 Å². The molecule has 8 aromatic rings. The van der Waals surface area contributed by atoms with E-state index in [1.807, 2.05) is 109 Å². The average molecular weight is 1340 g/mol. The lowest BCUT2D eigenvalue weighted by atomic mass is 10.0. The van der Waals surface area contributed by atoms with Crippen LogP contribution in [0.3, 0.4) is 0 Å². The first kappa shape index (κ1) is 75.5. The van der Waals surface area contributed by atoms with Gasteiger partial charge in [-0.3, -0.25) is 9.59 Å². The SMILES string of the molecule is CCCCCCCCCCCCCCCCCCNc1nc(OCc2ccccc2)c2ncn(CC(=O)NCCOc3cccc(-c4cccc(OCCNC(=O)Cn5cnc6c(OCc7ccccc7)nc(NCCCCCCCCCCCCCCCCCC)nc65)c4)c3)c2n1. The van der Waals surface area contributed by atoms with E-state index in [0.717, 1.165) is 61.0 Å². The Labute approximate surface area is 584 Å². The number of benzene rings is 4. The van der Waals surface area contributed by atoms with Gasteiger partial charge in [0.2, 0.25) is 35.5 Å². The Morgan fingerprint density at radius 2 is 0.704 bits per heavy atom. The van der Waals surface area contributed by atoms with Crippen molar-refractivity contribution in [2.45, 2.75) is 246 Å². The summed E-state index contributed by atoms with van der Waals surface area (Å²) in [6.07, 6.45) is 45.5. The lowest BCUT2D eigenvalue weighted by Crippen LogP contribution is -2.31. The number of amides is 2. The van der Waals surface area contributed by atoms with E-state index in [9.17, 15) is 9.59 Å². The molecule has 2 amide bonds. The molecular formula is C80H114N12O6. The van der Waals surface area contributed by atoms with Gasteiger partial charge in [0.1, 0.15) is 51.0 Å². The van der Waals surface area contributed by atoms with Crippen LogP contribution in [0.4, 0.5) is 11.9 Å². The van der Waals surface area contributed by atoms with Gasteiger partial charge in [0.15, 0.2) is 22.3 Å². The Hall–Kier alpha value is -8.28. The zero-order valence-electron chi connectivity index (χ0n) is 59.3. The molecule has 0 saturated carbocycles. The lowest BCUT2D eigenvalue weighted by Gasteiger charge is -2.12. The molecule has 0 radical (unpaired) electrons. The third kappa shape index (κ3) is 28.7. The summed E-state index contributed by atoms with van der Waals surface area (Å²) in [4.78, 5) is 55.2. The maximum atomic E-state index is 13.4. The summed E-state index contributed by atoms with van der Waals surface area (Å²) >= 11 is 0. The number of rotatable bonds is 55. The summed E-state index contributed by atoms with van der Waals surface area (Å²) in [5, 5.41) is 12.8. The summed E-state index contributed by atoms with van der Waals surface area (Å²) < 4.78 is 28.2. The lowest BCUT2D eigenvalue weighted by molar-refractivity contribution is -0.122. The van der Waals surface area contributed by atoms with Crippen LogP contribution in [0.2, 0.25) is 0 Å². The molecule has 98 heavy (non-hydrogen) atoms. The Balaban J connectivity index is 0.733. The molecule has 4 aromatic carbocycles. The molecular weight excluding hydrogens is 1220 g/mol. The highest BCUT2D eigenvalue weighted by molar-refractivity contribution is 5.82. The third-order valence-corrected chi connectivity index (χ3v) is 17.9. The fourth-order valence-corrected chi connectivity index (χ4v) is 12.3. The molecule has 4 N–H and O–H groups in total. The summed E-state index contributed by atoms with van der Waals surface area (Å²) in [5.74, 6) is 2.56. The van der Waals surface area contributed by atoms with Gasteiger partial charge in [-0.25, -0.2) is 9.97 Å². The molecule has 0 spiro atoms. The van der Waals surface area contributed by atoms with E-state index in [-0.39, 0.29) is 38.1 Å². The van der Waals surface area contributed by atoms with Crippen molar-refractivity contribution in [3.63, 3.8) is 0 Å². The summed E-state index contributed by atoms with van der Waals surface area (Å²) in [6.45, 7) is 7.80. The van der Waals surface area contributed by atoms with Gasteiger partial charge in [0.05, 0.1) is 25.7 Å². The number of fused-ring (bicyclic) bond motifs is 2. The number of aromatic nitrogens is 8. The minimum atomic E-state index is -0.204. The van der Waals surface area contributed by atoms with Crippen molar-refractivity contribution in [1.29, 1.82) is 0 Å². The van der Waals surface area contributed by atoms with Crippen LogP contribution in [0.15, 0.2) is 122 Å². The van der Waals surface area contributed by atoms with Gasteiger partial charge in [-0.05, 0) is 59.4 Å². The number of ether oxygens (including phenoxy) is 4. The van der Waals surface area contributed by atoms with Crippen LogP contribution in [0, 0.1) is 0 Å². The molecule has 0 aliphatic rings. The minimum Gasteiger partial charge on any atom is -0.492 e. The molecule has 0 atom stereocenters. The summed E-state index contributed by atoms with van der Waals surface area (Å²) in [5.41, 5.74) is 5.93. The standard InChI is InChI=1S/C80H114N12O6/c1-3-5-7-9-11-13-15-17-19-21-23-25-27-29-31-39-51-83-79-87-75-73(77(89-79)97-61-65-43-35-33-36-44-65)85-63-91(75)59-71(93)81-53-55-95-69-49-41-47-67(57-69)68-48-42-50-70(58-68)96-56-54-82-72(94)60-92-64-86-74-76(92)88-80(90-78(74)98-62-66-45-37-34-38-46-66)84-52-40-32-30-28-26-24-22-20-18-16-14-12-10-8-6-4-2/h33-38,41-50,57-58,63-64H,3-32,39-40,51-56,59-62H2,1-2H3,(H,81,93)(H,82,94)(H,83,87,89)(H,84,88,90). The van der Waals surface area contributed by atoms with Gasteiger partial charge >= 0.3 is 0 Å². The fourth-order valence-electron chi connectivity index (χ4n) is 12.3. The highest BCUT2D eigenvalue weighted by atomic mass is 16.5. The zero-order valence-corrected chi connectivity index (χ0v) is 59.3. The number of anilines is 2. The first-order chi connectivity index (χ1) is 48.4. The molecule has 0 bridgehead atoms. The monoisotopic (exact) mass is 1340 g/mol. The molecule has 0 saturated heterocycles. The molecule has 0 unspecified atom stereocenters. The molecule has 4 heterocycles. The van der Waals surface area contributed by atoms with Gasteiger partial charge in [0, 0.05) is 13.1 Å². The molecule has 0 fully saturated rings. The van der Waals surface area contributed by atoms with Crippen LogP contribution in [0.5, 0.6) is 23.3 Å². The second kappa shape index (κ2) is 46.1. The van der Waals surface area contributed by atoms with Gasteiger partial charge in [0.25, 0.3) is 0 Å². The van der Waals surface area contributed by atoms with Gasteiger partial charge in [-0.1, -0.05) is 291 Å². The van der Waals surface area contributed by atoms with Gasteiger partial charge in [-0.2, -0.15) is 19.9 Å². The average Bonchev–Trinajstić information content (AvgIpc) is 1.63. The predicted octanol–water partition coefficient (Wildman–Crippen LogP) is 18.5. The number of imidazole rings is 2. The summed E-state index contributed by atoms with van der Waals surface area (Å²) in [7, 11) is 0. The van der Waals surface area contributed by atoms with Crippen molar-refractivity contribution in [2.24, 2.45) is 0 Å². The van der Waals surface area contributed by atoms with E-state index in [4.69, 9.17) is 38.9 Å². The Morgan fingerprint density at radius 1 is 0.367 bits per heavy atom. The topological polar surface area (TPSA) is 206 Å². The summed E-state index contributed by atoms with van der Waals surface area (Å²) in [6, 6.07) is 35.5. The van der Waals surface area contributed by atoms with Gasteiger partial charge < -0.3 is 49.3 Å². The van der Waals surface area contributed by atoms with Crippen LogP contribution in [-0.2, 0) is 35.9 Å². The second-order valence-electron chi connectivity index (χ2n) is 26.3. The molecule has 18 heteroatoms. The molecule has 18 nitrogen and oxygen atoms in total. The third-order valence-electron chi connectivity index (χ3n) is 17.9. The second-order valence-corrected chi connectivity index (χ2v) is 26.3. The molecule has 8 rings (SSSR count). The number of nitrogens with one attached hydrogen (secondary N) is 4. The first-order valence-electron chi connectivity index (χ1n) is 37.7.